The predicted molar refractivity (Wildman–Crippen MR) is 156 cm³/mol. The molecule has 0 radical (unpaired) electrons. The zero-order valence-corrected chi connectivity index (χ0v) is 24.2. The maximum absolute atomic E-state index is 16.6. The van der Waals surface area contributed by atoms with Crippen LogP contribution in [0, 0.1) is 12.7 Å². The maximum atomic E-state index is 16.6. The van der Waals surface area contributed by atoms with E-state index in [1.165, 1.54) is 0 Å². The average Bonchev–Trinajstić information content (AvgIpc) is 3.37. The number of hydrogen-bond donors (Lipinski definition) is 1. The molecule has 1 unspecified atom stereocenters. The summed E-state index contributed by atoms with van der Waals surface area (Å²) in [4.78, 5) is 18.4. The van der Waals surface area contributed by atoms with Crippen LogP contribution in [0.1, 0.15) is 62.5 Å². The van der Waals surface area contributed by atoms with Crippen molar-refractivity contribution in [2.75, 3.05) is 44.3 Å². The van der Waals surface area contributed by atoms with Gasteiger partial charge < -0.3 is 19.5 Å². The van der Waals surface area contributed by atoms with E-state index < -0.39 is 12.0 Å². The van der Waals surface area contributed by atoms with Crippen LogP contribution in [0.3, 0.4) is 0 Å². The Morgan fingerprint density at radius 3 is 2.93 bits per heavy atom. The number of benzene rings is 1. The third-order valence-corrected chi connectivity index (χ3v) is 9.69. The van der Waals surface area contributed by atoms with Gasteiger partial charge >= 0.3 is 6.01 Å². The van der Waals surface area contributed by atoms with Crippen molar-refractivity contribution in [3.8, 4) is 23.0 Å². The lowest BCUT2D eigenvalue weighted by atomic mass is 9.94. The van der Waals surface area contributed by atoms with E-state index in [1.807, 2.05) is 6.92 Å². The number of halogens is 2. The number of pyridine rings is 1. The second kappa shape index (κ2) is 11.2. The van der Waals surface area contributed by atoms with Crippen molar-refractivity contribution in [3.05, 3.63) is 35.3 Å². The van der Waals surface area contributed by atoms with E-state index in [2.05, 4.69) is 19.8 Å². The molecule has 3 atom stereocenters. The molecule has 0 amide bonds. The van der Waals surface area contributed by atoms with Crippen LogP contribution in [0.25, 0.3) is 22.2 Å². The number of ether oxygens (including phenoxy) is 2. The van der Waals surface area contributed by atoms with E-state index in [9.17, 15) is 9.50 Å². The molecular formula is C32H39F2N5O3. The fraction of sp³-hybridized carbons (Fsp3) is 0.594. The van der Waals surface area contributed by atoms with E-state index in [1.54, 1.807) is 18.3 Å². The van der Waals surface area contributed by atoms with Gasteiger partial charge in [-0.1, -0.05) is 0 Å². The Hall–Kier alpha value is -3.11. The van der Waals surface area contributed by atoms with Crippen LogP contribution in [0.2, 0.25) is 0 Å². The summed E-state index contributed by atoms with van der Waals surface area (Å²) >= 11 is 0. The Bertz CT molecular complexity index is 1490. The first kappa shape index (κ1) is 27.7. The molecule has 3 fully saturated rings. The third-order valence-electron chi connectivity index (χ3n) is 9.69. The van der Waals surface area contributed by atoms with Gasteiger partial charge in [0, 0.05) is 44.4 Å². The van der Waals surface area contributed by atoms with Crippen LogP contribution in [0.5, 0.6) is 11.8 Å². The minimum atomic E-state index is -0.871. The molecule has 42 heavy (non-hydrogen) atoms. The number of nitrogens with zero attached hydrogens (tertiary/aromatic N) is 5. The molecule has 3 aromatic rings. The lowest BCUT2D eigenvalue weighted by Crippen LogP contribution is -2.43. The molecule has 8 nitrogen and oxygen atoms in total. The first-order chi connectivity index (χ1) is 20.4. The van der Waals surface area contributed by atoms with Gasteiger partial charge in [0.25, 0.3) is 0 Å². The quantitative estimate of drug-likeness (QED) is 0.435. The summed E-state index contributed by atoms with van der Waals surface area (Å²) in [5.74, 6) is 0.0942. The third kappa shape index (κ3) is 5.06. The Kier molecular flexibility index (Phi) is 7.38. The molecule has 5 aliphatic heterocycles. The van der Waals surface area contributed by atoms with Crippen molar-refractivity contribution in [2.45, 2.75) is 82.5 Å². The Morgan fingerprint density at radius 2 is 2.02 bits per heavy atom. The smallest absolute Gasteiger partial charge is 0.319 e. The van der Waals surface area contributed by atoms with E-state index in [-0.39, 0.29) is 41.2 Å². The number of anilines is 1. The monoisotopic (exact) mass is 579 g/mol. The van der Waals surface area contributed by atoms with Crippen LogP contribution in [0.4, 0.5) is 14.6 Å². The molecule has 7 heterocycles. The molecule has 0 saturated carbocycles. The summed E-state index contributed by atoms with van der Waals surface area (Å²) < 4.78 is 43.7. The molecule has 1 N–H and O–H groups in total. The van der Waals surface area contributed by atoms with Crippen LogP contribution in [-0.4, -0.2) is 82.2 Å². The van der Waals surface area contributed by atoms with Gasteiger partial charge in [0.1, 0.15) is 35.6 Å². The number of hydrogen-bond acceptors (Lipinski definition) is 8. The van der Waals surface area contributed by atoms with E-state index in [4.69, 9.17) is 14.5 Å². The first-order valence-corrected chi connectivity index (χ1v) is 15.5. The summed E-state index contributed by atoms with van der Waals surface area (Å²) in [5, 5.41) is 11.0. The zero-order valence-electron chi connectivity index (χ0n) is 24.2. The molecule has 3 saturated heterocycles. The van der Waals surface area contributed by atoms with Gasteiger partial charge in [-0.2, -0.15) is 9.97 Å². The number of phenols is 1. The number of fused-ring (bicyclic) bond motifs is 6. The Balaban J connectivity index is 1.36. The van der Waals surface area contributed by atoms with Crippen molar-refractivity contribution in [1.82, 2.24) is 19.9 Å². The highest BCUT2D eigenvalue weighted by Gasteiger charge is 2.49. The lowest BCUT2D eigenvalue weighted by molar-refractivity contribution is 0.0517. The van der Waals surface area contributed by atoms with Crippen LogP contribution < -0.4 is 9.64 Å². The number of aromatic hydroxyl groups is 1. The van der Waals surface area contributed by atoms with E-state index in [0.717, 1.165) is 75.6 Å². The largest absolute Gasteiger partial charge is 0.508 e. The number of rotatable bonds is 3. The normalized spacial score (nSPS) is 26.6. The second-order valence-electron chi connectivity index (χ2n) is 12.6. The summed E-state index contributed by atoms with van der Waals surface area (Å²) in [6.45, 7) is 5.54. The summed E-state index contributed by atoms with van der Waals surface area (Å²) in [5.41, 5.74) is 2.35. The molecule has 224 valence electrons. The van der Waals surface area contributed by atoms with Crippen molar-refractivity contribution in [1.29, 1.82) is 0 Å². The standard InChI is InChI=1S/C32H39F2N5O3/c1-20-13-22(40)14-25-24(20)8-3-5-12-41-23-7-2-4-10-38(18-23)30-26-16-35-28(25)27(34)29(26)36-31(37-30)42-19-32-9-6-11-39(32)17-21(33)15-32/h13-14,16,21,23,40H,2-12,15,17-19H2,1H3/t21-,23?,32+/m1/s1. The van der Waals surface area contributed by atoms with Crippen LogP contribution in [-0.2, 0) is 11.2 Å². The highest BCUT2D eigenvalue weighted by molar-refractivity contribution is 5.92. The minimum absolute atomic E-state index is 0.0426. The van der Waals surface area contributed by atoms with Gasteiger partial charge in [0.15, 0.2) is 5.82 Å². The summed E-state index contributed by atoms with van der Waals surface area (Å²) in [7, 11) is 0. The van der Waals surface area contributed by atoms with Crippen molar-refractivity contribution >= 4 is 16.7 Å². The highest BCUT2D eigenvalue weighted by Crippen LogP contribution is 2.41. The number of aromatic nitrogens is 3. The molecule has 2 aromatic heterocycles. The molecule has 8 rings (SSSR count). The van der Waals surface area contributed by atoms with Gasteiger partial charge in [-0.05, 0) is 88.1 Å². The van der Waals surface area contributed by atoms with Crippen LogP contribution in [0.15, 0.2) is 18.3 Å². The minimum Gasteiger partial charge on any atom is -0.508 e. The molecule has 1 aromatic carbocycles. The second-order valence-corrected chi connectivity index (χ2v) is 12.6. The molecule has 5 aliphatic rings. The number of aryl methyl sites for hydroxylation is 1. The number of phenolic OH excluding ortho intramolecular Hbond substituents is 1. The molecule has 10 heteroatoms. The molecule has 0 spiro atoms. The first-order valence-electron chi connectivity index (χ1n) is 15.5. The molecule has 0 aliphatic carbocycles. The van der Waals surface area contributed by atoms with Gasteiger partial charge in [0.05, 0.1) is 17.0 Å². The number of alkyl halides is 1. The van der Waals surface area contributed by atoms with Gasteiger partial charge in [-0.15, -0.1) is 0 Å². The van der Waals surface area contributed by atoms with E-state index in [0.29, 0.717) is 42.9 Å². The summed E-state index contributed by atoms with van der Waals surface area (Å²) in [6, 6.07) is 3.40. The molecule has 6 bridgehead atoms. The maximum Gasteiger partial charge on any atom is 0.319 e. The summed E-state index contributed by atoms with van der Waals surface area (Å²) in [6.07, 6.45) is 8.58. The van der Waals surface area contributed by atoms with Crippen molar-refractivity contribution < 1.29 is 23.4 Å². The van der Waals surface area contributed by atoms with E-state index >= 15 is 4.39 Å². The van der Waals surface area contributed by atoms with Gasteiger partial charge in [-0.25, -0.2) is 8.78 Å². The topological polar surface area (TPSA) is 83.8 Å². The van der Waals surface area contributed by atoms with Crippen molar-refractivity contribution in [2.24, 2.45) is 0 Å². The Morgan fingerprint density at radius 1 is 1.12 bits per heavy atom. The van der Waals surface area contributed by atoms with Crippen molar-refractivity contribution in [3.63, 3.8) is 0 Å². The predicted octanol–water partition coefficient (Wildman–Crippen LogP) is 5.51. The zero-order chi connectivity index (χ0) is 28.8. The fourth-order valence-electron chi connectivity index (χ4n) is 7.59. The Labute approximate surface area is 245 Å². The van der Waals surface area contributed by atoms with Gasteiger partial charge in [0.2, 0.25) is 0 Å². The van der Waals surface area contributed by atoms with Crippen LogP contribution >= 0.6 is 0 Å². The average molecular weight is 580 g/mol. The molecular weight excluding hydrogens is 540 g/mol. The van der Waals surface area contributed by atoms with Gasteiger partial charge in [-0.3, -0.25) is 9.88 Å². The lowest BCUT2D eigenvalue weighted by Gasteiger charge is -2.31. The SMILES string of the molecule is Cc1cc(O)cc2c1CCCCOC1CCCCN(C1)c1nc(OC[C@@]34CCCN3C[C@H](F)C4)nc3c(F)c-2ncc13. The highest BCUT2D eigenvalue weighted by atomic mass is 19.1. The fourth-order valence-corrected chi connectivity index (χ4v) is 7.59.